The molecule has 0 aliphatic heterocycles. The van der Waals surface area contributed by atoms with E-state index in [4.69, 9.17) is 10.2 Å². The van der Waals surface area contributed by atoms with Gasteiger partial charge in [-0.25, -0.2) is 4.98 Å². The van der Waals surface area contributed by atoms with E-state index in [1.165, 1.54) is 0 Å². The predicted octanol–water partition coefficient (Wildman–Crippen LogP) is 1.98. The smallest absolute Gasteiger partial charge is 0.231 e. The zero-order chi connectivity index (χ0) is 13.4. The number of nitrogens with two attached hydrogens (primary N) is 1. The number of oxazole rings is 1. The molecule has 1 aromatic carbocycles. The highest BCUT2D eigenvalue weighted by Gasteiger charge is 2.22. The highest BCUT2D eigenvalue weighted by molar-refractivity contribution is 5.95. The molecular weight excluding hydrogens is 242 g/mol. The van der Waals surface area contributed by atoms with E-state index in [1.807, 2.05) is 24.3 Å². The SMILES string of the molecule is Cc1nc2cc(NC(=O)C3C=CC(N)C3)ccc2o1. The minimum atomic E-state index is -0.148. The second-order valence-electron chi connectivity index (χ2n) is 4.80. The van der Waals surface area contributed by atoms with Crippen molar-refractivity contribution in [1.82, 2.24) is 4.98 Å². The molecule has 19 heavy (non-hydrogen) atoms. The molecule has 1 aromatic heterocycles. The van der Waals surface area contributed by atoms with Crippen LogP contribution in [0.25, 0.3) is 11.1 Å². The van der Waals surface area contributed by atoms with Gasteiger partial charge in [-0.05, 0) is 24.6 Å². The van der Waals surface area contributed by atoms with E-state index in [9.17, 15) is 4.79 Å². The number of nitrogens with zero attached hydrogens (tertiary/aromatic N) is 1. The number of nitrogens with one attached hydrogen (secondary N) is 1. The van der Waals surface area contributed by atoms with Crippen LogP contribution < -0.4 is 11.1 Å². The summed E-state index contributed by atoms with van der Waals surface area (Å²) in [5.74, 6) is 0.427. The molecule has 1 aliphatic rings. The summed E-state index contributed by atoms with van der Waals surface area (Å²) in [6.45, 7) is 1.79. The fourth-order valence-electron chi connectivity index (χ4n) is 2.28. The number of aromatic nitrogens is 1. The summed E-state index contributed by atoms with van der Waals surface area (Å²) in [5, 5.41) is 2.88. The zero-order valence-electron chi connectivity index (χ0n) is 10.6. The van der Waals surface area contributed by atoms with Crippen molar-refractivity contribution in [2.75, 3.05) is 5.32 Å². The summed E-state index contributed by atoms with van der Waals surface area (Å²) < 4.78 is 5.39. The van der Waals surface area contributed by atoms with Crippen LogP contribution in [0.3, 0.4) is 0 Å². The Morgan fingerprint density at radius 3 is 3.05 bits per heavy atom. The standard InChI is InChI=1S/C14H15N3O2/c1-8-16-12-7-11(4-5-13(12)19-8)17-14(18)9-2-3-10(15)6-9/h2-5,7,9-10H,6,15H2,1H3,(H,17,18). The summed E-state index contributed by atoms with van der Waals surface area (Å²) in [7, 11) is 0. The normalized spacial score (nSPS) is 22.0. The topological polar surface area (TPSA) is 81.2 Å². The van der Waals surface area contributed by atoms with Crippen LogP contribution in [0.15, 0.2) is 34.8 Å². The van der Waals surface area contributed by atoms with Crippen molar-refractivity contribution in [2.45, 2.75) is 19.4 Å². The van der Waals surface area contributed by atoms with Crippen LogP contribution in [-0.4, -0.2) is 16.9 Å². The molecule has 5 heteroatoms. The Bertz CT molecular complexity index is 660. The van der Waals surface area contributed by atoms with E-state index in [1.54, 1.807) is 13.0 Å². The van der Waals surface area contributed by atoms with E-state index < -0.39 is 0 Å². The van der Waals surface area contributed by atoms with Crippen molar-refractivity contribution in [3.05, 3.63) is 36.2 Å². The highest BCUT2D eigenvalue weighted by atomic mass is 16.3. The summed E-state index contributed by atoms with van der Waals surface area (Å²) in [4.78, 5) is 16.3. The molecule has 0 fully saturated rings. The van der Waals surface area contributed by atoms with Crippen molar-refractivity contribution < 1.29 is 9.21 Å². The second kappa shape index (κ2) is 4.51. The van der Waals surface area contributed by atoms with Gasteiger partial charge in [0.1, 0.15) is 5.52 Å². The third kappa shape index (κ3) is 2.37. The lowest BCUT2D eigenvalue weighted by atomic mass is 10.1. The predicted molar refractivity (Wildman–Crippen MR) is 72.6 cm³/mol. The largest absolute Gasteiger partial charge is 0.441 e. The fourth-order valence-corrected chi connectivity index (χ4v) is 2.28. The number of amides is 1. The average molecular weight is 257 g/mol. The molecule has 3 rings (SSSR count). The molecule has 1 amide bonds. The first-order chi connectivity index (χ1) is 9.11. The third-order valence-corrected chi connectivity index (χ3v) is 3.22. The maximum Gasteiger partial charge on any atom is 0.231 e. The monoisotopic (exact) mass is 257 g/mol. The van der Waals surface area contributed by atoms with Crippen LogP contribution in [0, 0.1) is 12.8 Å². The minimum absolute atomic E-state index is 0.0172. The van der Waals surface area contributed by atoms with Crippen LogP contribution >= 0.6 is 0 Å². The maximum absolute atomic E-state index is 12.0. The maximum atomic E-state index is 12.0. The summed E-state index contributed by atoms with van der Waals surface area (Å²) in [6, 6.07) is 5.41. The molecular formula is C14H15N3O2. The minimum Gasteiger partial charge on any atom is -0.441 e. The van der Waals surface area contributed by atoms with Crippen molar-refractivity contribution in [2.24, 2.45) is 11.7 Å². The number of carbonyl (C=O) groups is 1. The van der Waals surface area contributed by atoms with Gasteiger partial charge in [-0.2, -0.15) is 0 Å². The van der Waals surface area contributed by atoms with E-state index in [-0.39, 0.29) is 17.9 Å². The number of anilines is 1. The van der Waals surface area contributed by atoms with Gasteiger partial charge in [0.15, 0.2) is 11.5 Å². The number of carbonyl (C=O) groups excluding carboxylic acids is 1. The van der Waals surface area contributed by atoms with Gasteiger partial charge in [0.2, 0.25) is 5.91 Å². The number of aryl methyl sites for hydroxylation is 1. The molecule has 0 saturated carbocycles. The van der Waals surface area contributed by atoms with E-state index in [2.05, 4.69) is 10.3 Å². The summed E-state index contributed by atoms with van der Waals surface area (Å²) >= 11 is 0. The van der Waals surface area contributed by atoms with Crippen LogP contribution in [0.4, 0.5) is 5.69 Å². The molecule has 98 valence electrons. The zero-order valence-corrected chi connectivity index (χ0v) is 10.6. The fraction of sp³-hybridized carbons (Fsp3) is 0.286. The van der Waals surface area contributed by atoms with Crippen molar-refractivity contribution in [3.63, 3.8) is 0 Å². The molecule has 0 radical (unpaired) electrons. The van der Waals surface area contributed by atoms with Crippen molar-refractivity contribution in [1.29, 1.82) is 0 Å². The summed E-state index contributed by atoms with van der Waals surface area (Å²) in [6.07, 6.45) is 4.39. The Morgan fingerprint density at radius 2 is 2.32 bits per heavy atom. The lowest BCUT2D eigenvalue weighted by Gasteiger charge is -2.10. The van der Waals surface area contributed by atoms with Crippen LogP contribution in [0.1, 0.15) is 12.3 Å². The van der Waals surface area contributed by atoms with E-state index in [0.717, 1.165) is 16.8 Å². The van der Waals surface area contributed by atoms with E-state index in [0.29, 0.717) is 12.3 Å². The number of rotatable bonds is 2. The molecule has 0 spiro atoms. The second-order valence-corrected chi connectivity index (χ2v) is 4.80. The molecule has 1 heterocycles. The Labute approximate surface area is 110 Å². The number of benzene rings is 1. The molecule has 5 nitrogen and oxygen atoms in total. The average Bonchev–Trinajstić information content (AvgIpc) is 2.93. The van der Waals surface area contributed by atoms with Gasteiger partial charge in [0, 0.05) is 18.7 Å². The third-order valence-electron chi connectivity index (χ3n) is 3.22. The number of hydrogen-bond donors (Lipinski definition) is 2. The number of fused-ring (bicyclic) bond motifs is 1. The first kappa shape index (κ1) is 11.9. The lowest BCUT2D eigenvalue weighted by Crippen LogP contribution is -2.23. The molecule has 2 unspecified atom stereocenters. The quantitative estimate of drug-likeness (QED) is 0.806. The van der Waals surface area contributed by atoms with Gasteiger partial charge >= 0.3 is 0 Å². The molecule has 3 N–H and O–H groups in total. The Kier molecular flexibility index (Phi) is 2.83. The first-order valence-electron chi connectivity index (χ1n) is 6.24. The van der Waals surface area contributed by atoms with Gasteiger partial charge in [0.25, 0.3) is 0 Å². The Morgan fingerprint density at radius 1 is 1.47 bits per heavy atom. The van der Waals surface area contributed by atoms with Crippen LogP contribution in [0.2, 0.25) is 0 Å². The molecule has 0 bridgehead atoms. The van der Waals surface area contributed by atoms with Gasteiger partial charge < -0.3 is 15.5 Å². The Balaban J connectivity index is 1.77. The first-order valence-corrected chi connectivity index (χ1v) is 6.24. The summed E-state index contributed by atoms with van der Waals surface area (Å²) in [5.41, 5.74) is 7.93. The van der Waals surface area contributed by atoms with Crippen molar-refractivity contribution >= 4 is 22.7 Å². The van der Waals surface area contributed by atoms with Crippen molar-refractivity contribution in [3.8, 4) is 0 Å². The van der Waals surface area contributed by atoms with E-state index >= 15 is 0 Å². The Hall–Kier alpha value is -2.14. The number of hydrogen-bond acceptors (Lipinski definition) is 4. The highest BCUT2D eigenvalue weighted by Crippen LogP contribution is 2.22. The van der Waals surface area contributed by atoms with Crippen LogP contribution in [-0.2, 0) is 4.79 Å². The molecule has 2 aromatic rings. The van der Waals surface area contributed by atoms with Gasteiger partial charge in [0.05, 0.1) is 5.92 Å². The van der Waals surface area contributed by atoms with Crippen LogP contribution in [0.5, 0.6) is 0 Å². The molecule has 1 aliphatic carbocycles. The van der Waals surface area contributed by atoms with Gasteiger partial charge in [-0.15, -0.1) is 0 Å². The van der Waals surface area contributed by atoms with Gasteiger partial charge in [-0.3, -0.25) is 4.79 Å². The molecule has 0 saturated heterocycles. The molecule has 2 atom stereocenters. The lowest BCUT2D eigenvalue weighted by molar-refractivity contribution is -0.118. The van der Waals surface area contributed by atoms with Gasteiger partial charge in [-0.1, -0.05) is 12.2 Å².